The summed E-state index contributed by atoms with van der Waals surface area (Å²) in [7, 11) is 0. The largest absolute Gasteiger partial charge is 0.381 e. The normalized spacial score (nSPS) is 10.4. The Bertz CT molecular complexity index is 530. The quantitative estimate of drug-likeness (QED) is 0.462. The van der Waals surface area contributed by atoms with Crippen LogP contribution in [0.25, 0.3) is 0 Å². The second-order valence-corrected chi connectivity index (χ2v) is 6.74. The van der Waals surface area contributed by atoms with E-state index in [1.165, 1.54) is 22.7 Å². The fourth-order valence-electron chi connectivity index (χ4n) is 1.24. The highest BCUT2D eigenvalue weighted by Gasteiger charge is 2.08. The lowest BCUT2D eigenvalue weighted by Gasteiger charge is -2.01. The minimum absolute atomic E-state index is 0.311. The van der Waals surface area contributed by atoms with Crippen LogP contribution in [0.1, 0.15) is 6.92 Å². The van der Waals surface area contributed by atoms with Gasteiger partial charge >= 0.3 is 6.03 Å². The molecule has 0 aliphatic heterocycles. The van der Waals surface area contributed by atoms with E-state index >= 15 is 0 Å². The van der Waals surface area contributed by atoms with Crippen LogP contribution in [-0.4, -0.2) is 35.2 Å². The number of nitrogens with zero attached hydrogens (tertiary/aromatic N) is 2. The summed E-state index contributed by atoms with van der Waals surface area (Å²) >= 11 is 4.37. The number of anilines is 2. The lowest BCUT2D eigenvalue weighted by molar-refractivity contribution is 0.164. The molecule has 2 heterocycles. The first kappa shape index (κ1) is 15.2. The highest BCUT2D eigenvalue weighted by atomic mass is 32.2. The summed E-state index contributed by atoms with van der Waals surface area (Å²) in [6.07, 6.45) is 0. The zero-order valence-electron chi connectivity index (χ0n) is 10.8. The molecule has 2 rings (SSSR count). The third kappa shape index (κ3) is 5.08. The summed E-state index contributed by atoms with van der Waals surface area (Å²) in [4.78, 5) is 11.7. The fourth-order valence-corrected chi connectivity index (χ4v) is 3.52. The third-order valence-corrected chi connectivity index (χ3v) is 4.76. The second-order valence-electron chi connectivity index (χ2n) is 3.47. The lowest BCUT2D eigenvalue weighted by Crippen LogP contribution is -2.18. The Balaban J connectivity index is 1.75. The molecule has 0 atom stereocenters. The monoisotopic (exact) mass is 330 g/mol. The molecule has 2 N–H and O–H groups in total. The molecule has 0 spiro atoms. The van der Waals surface area contributed by atoms with Crippen molar-refractivity contribution in [3.8, 4) is 0 Å². The van der Waals surface area contributed by atoms with Gasteiger partial charge in [-0.3, -0.25) is 10.6 Å². The summed E-state index contributed by atoms with van der Waals surface area (Å²) < 4.78 is 6.06. The van der Waals surface area contributed by atoms with E-state index in [0.29, 0.717) is 18.3 Å². The van der Waals surface area contributed by atoms with Gasteiger partial charge in [-0.2, -0.15) is 0 Å². The number of aromatic nitrogens is 2. The summed E-state index contributed by atoms with van der Waals surface area (Å²) in [5.74, 6) is 0.823. The van der Waals surface area contributed by atoms with Gasteiger partial charge in [-0.15, -0.1) is 21.5 Å². The fraction of sp³-hybridized carbons (Fsp3) is 0.364. The van der Waals surface area contributed by atoms with Gasteiger partial charge in [0.05, 0.1) is 11.6 Å². The maximum absolute atomic E-state index is 11.7. The van der Waals surface area contributed by atoms with E-state index in [9.17, 15) is 4.79 Å². The van der Waals surface area contributed by atoms with Gasteiger partial charge in [-0.25, -0.2) is 4.79 Å². The van der Waals surface area contributed by atoms with Gasteiger partial charge in [0.25, 0.3) is 0 Å². The summed E-state index contributed by atoms with van der Waals surface area (Å²) in [6.45, 7) is 3.36. The number of amides is 2. The van der Waals surface area contributed by atoms with Crippen LogP contribution < -0.4 is 10.6 Å². The van der Waals surface area contributed by atoms with Crippen molar-refractivity contribution in [1.82, 2.24) is 10.2 Å². The Hall–Kier alpha value is -1.16. The molecule has 9 heteroatoms. The number of thioether (sulfide) groups is 1. The van der Waals surface area contributed by atoms with Crippen molar-refractivity contribution in [3.63, 3.8) is 0 Å². The molecule has 2 aromatic rings. The zero-order valence-corrected chi connectivity index (χ0v) is 13.2. The summed E-state index contributed by atoms with van der Waals surface area (Å²) in [6, 6.07) is 3.40. The third-order valence-electron chi connectivity index (χ3n) is 2.04. The molecule has 0 radical (unpaired) electrons. The van der Waals surface area contributed by atoms with Crippen LogP contribution in [0.4, 0.5) is 14.9 Å². The number of carbonyl (C=O) groups is 1. The van der Waals surface area contributed by atoms with Gasteiger partial charge in [0.15, 0.2) is 4.34 Å². The van der Waals surface area contributed by atoms with Gasteiger partial charge in [0.1, 0.15) is 0 Å². The molecule has 0 unspecified atom stereocenters. The van der Waals surface area contributed by atoms with Crippen LogP contribution >= 0.6 is 34.4 Å². The number of urea groups is 1. The molecule has 0 aromatic carbocycles. The van der Waals surface area contributed by atoms with Crippen molar-refractivity contribution in [3.05, 3.63) is 17.5 Å². The van der Waals surface area contributed by atoms with Crippen LogP contribution in [0.15, 0.2) is 21.9 Å². The van der Waals surface area contributed by atoms with Crippen LogP contribution in [0.2, 0.25) is 0 Å². The molecular formula is C11H14N4O2S3. The number of hydrogen-bond donors (Lipinski definition) is 2. The van der Waals surface area contributed by atoms with Crippen molar-refractivity contribution in [1.29, 1.82) is 0 Å². The number of ether oxygens (including phenoxy) is 1. The number of thiophene rings is 1. The molecule has 108 valence electrons. The number of carbonyl (C=O) groups excluding carboxylic acids is 1. The van der Waals surface area contributed by atoms with Gasteiger partial charge in [0.2, 0.25) is 5.13 Å². The minimum Gasteiger partial charge on any atom is -0.381 e. The molecule has 2 amide bonds. The van der Waals surface area contributed by atoms with Crippen LogP contribution in [-0.2, 0) is 4.74 Å². The molecule has 0 bridgehead atoms. The number of rotatable bonds is 7. The van der Waals surface area contributed by atoms with E-state index in [0.717, 1.165) is 15.1 Å². The van der Waals surface area contributed by atoms with Crippen molar-refractivity contribution in [2.45, 2.75) is 11.3 Å². The van der Waals surface area contributed by atoms with E-state index in [1.807, 2.05) is 24.4 Å². The Labute approximate surface area is 128 Å². The highest BCUT2D eigenvalue weighted by Crippen LogP contribution is 2.25. The van der Waals surface area contributed by atoms with Crippen LogP contribution in [0, 0.1) is 0 Å². The Morgan fingerprint density at radius 1 is 1.45 bits per heavy atom. The topological polar surface area (TPSA) is 76.1 Å². The summed E-state index contributed by atoms with van der Waals surface area (Å²) in [5.41, 5.74) is 0. The summed E-state index contributed by atoms with van der Waals surface area (Å²) in [5, 5.41) is 16.5. The molecule has 0 aliphatic carbocycles. The second kappa shape index (κ2) is 8.20. The van der Waals surface area contributed by atoms with E-state index in [-0.39, 0.29) is 6.03 Å². The standard InChI is InChI=1S/C11H14N4O2S3/c1-2-17-5-7-19-11-15-14-10(20-11)13-9(16)12-8-4-3-6-18-8/h3-4,6H,2,5,7H2,1H3,(H2,12,13,14,16). The molecule has 0 saturated carbocycles. The minimum atomic E-state index is -0.311. The van der Waals surface area contributed by atoms with Gasteiger partial charge in [0, 0.05) is 12.4 Å². The number of nitrogens with one attached hydrogen (secondary N) is 2. The predicted octanol–water partition coefficient (Wildman–Crippen LogP) is 3.37. The van der Waals surface area contributed by atoms with Gasteiger partial charge in [-0.05, 0) is 24.4 Å². The maximum atomic E-state index is 11.7. The zero-order chi connectivity index (χ0) is 14.2. The highest BCUT2D eigenvalue weighted by molar-refractivity contribution is 8.01. The van der Waals surface area contributed by atoms with E-state index in [4.69, 9.17) is 4.74 Å². The van der Waals surface area contributed by atoms with Gasteiger partial charge in [-0.1, -0.05) is 23.1 Å². The molecule has 6 nitrogen and oxygen atoms in total. The van der Waals surface area contributed by atoms with E-state index in [1.54, 1.807) is 11.8 Å². The van der Waals surface area contributed by atoms with Gasteiger partial charge < -0.3 is 4.74 Å². The van der Waals surface area contributed by atoms with Crippen molar-refractivity contribution in [2.24, 2.45) is 0 Å². The van der Waals surface area contributed by atoms with E-state index in [2.05, 4.69) is 20.8 Å². The number of hydrogen-bond acceptors (Lipinski definition) is 7. The lowest BCUT2D eigenvalue weighted by atomic mass is 10.6. The van der Waals surface area contributed by atoms with Crippen LogP contribution in [0.3, 0.4) is 0 Å². The first-order valence-corrected chi connectivity index (χ1v) is 8.61. The molecule has 20 heavy (non-hydrogen) atoms. The first-order chi connectivity index (χ1) is 9.78. The SMILES string of the molecule is CCOCCSc1nnc(NC(=O)Nc2cccs2)s1. The molecule has 2 aromatic heterocycles. The molecule has 0 aliphatic rings. The average molecular weight is 330 g/mol. The smallest absolute Gasteiger partial charge is 0.326 e. The molecule has 0 fully saturated rings. The van der Waals surface area contributed by atoms with E-state index < -0.39 is 0 Å². The maximum Gasteiger partial charge on any atom is 0.326 e. The Kier molecular flexibility index (Phi) is 6.25. The molecule has 0 saturated heterocycles. The van der Waals surface area contributed by atoms with Crippen LogP contribution in [0.5, 0.6) is 0 Å². The average Bonchev–Trinajstić information content (AvgIpc) is 3.07. The molecular weight excluding hydrogens is 316 g/mol. The predicted molar refractivity (Wildman–Crippen MR) is 84.1 cm³/mol. The Morgan fingerprint density at radius 3 is 3.10 bits per heavy atom. The first-order valence-electron chi connectivity index (χ1n) is 5.93. The Morgan fingerprint density at radius 2 is 2.35 bits per heavy atom. The van der Waals surface area contributed by atoms with Crippen molar-refractivity contribution in [2.75, 3.05) is 29.6 Å². The van der Waals surface area contributed by atoms with Crippen molar-refractivity contribution >= 4 is 50.6 Å². The van der Waals surface area contributed by atoms with Crippen molar-refractivity contribution < 1.29 is 9.53 Å².